The molecule has 4 heteroatoms. The van der Waals surface area contributed by atoms with Gasteiger partial charge in [-0.15, -0.1) is 0 Å². The minimum absolute atomic E-state index is 0.123. The largest absolute Gasteiger partial charge is 0.329 e. The Hall–Kier alpha value is -2.20. The topological polar surface area (TPSA) is 54.5 Å². The Morgan fingerprint density at radius 3 is 2.53 bits per heavy atom. The Kier molecular flexibility index (Phi) is 10.0. The maximum atomic E-state index is 6.29. The van der Waals surface area contributed by atoms with Crippen LogP contribution in [0.3, 0.4) is 0 Å². The molecule has 5 aliphatic rings. The van der Waals surface area contributed by atoms with Crippen LogP contribution in [-0.4, -0.2) is 35.9 Å². The molecule has 6 rings (SSSR count). The number of aryl methyl sites for hydroxylation is 1. The van der Waals surface area contributed by atoms with Crippen LogP contribution in [-0.2, 0) is 6.42 Å². The summed E-state index contributed by atoms with van der Waals surface area (Å²) >= 11 is 0. The van der Waals surface area contributed by atoms with Crippen molar-refractivity contribution in [3.8, 4) is 0 Å². The second kappa shape index (κ2) is 13.6. The molecule has 1 heterocycles. The van der Waals surface area contributed by atoms with E-state index in [9.17, 15) is 0 Å². The van der Waals surface area contributed by atoms with E-state index in [0.717, 1.165) is 60.7 Å². The smallest absolute Gasteiger partial charge is 0.104 e. The van der Waals surface area contributed by atoms with Crippen molar-refractivity contribution < 1.29 is 0 Å². The van der Waals surface area contributed by atoms with Crippen LogP contribution in [0.1, 0.15) is 136 Å². The first-order valence-electron chi connectivity index (χ1n) is 19.6. The van der Waals surface area contributed by atoms with Crippen molar-refractivity contribution in [2.45, 2.75) is 131 Å². The first kappa shape index (κ1) is 34.7. The van der Waals surface area contributed by atoms with E-state index >= 15 is 0 Å². The maximum Gasteiger partial charge on any atom is 0.104 e. The number of amidine groups is 1. The van der Waals surface area contributed by atoms with Crippen molar-refractivity contribution in [1.82, 2.24) is 9.88 Å². The van der Waals surface area contributed by atoms with Crippen molar-refractivity contribution in [2.24, 2.45) is 56.6 Å². The summed E-state index contributed by atoms with van der Waals surface area (Å²) < 4.78 is 0. The SMILES string of the molecule is C=C(c1ccc(CC)cn1)N(CCN)C(CC12CCC3C(CCC4C5(C)CCCCC5CCC34C)C1=C(C(C)C)/C(=C\CC)C2)=NC. The van der Waals surface area contributed by atoms with Crippen molar-refractivity contribution in [2.75, 3.05) is 20.1 Å². The average molecular weight is 639 g/mol. The molecule has 258 valence electrons. The lowest BCUT2D eigenvalue weighted by Gasteiger charge is -2.66. The van der Waals surface area contributed by atoms with Gasteiger partial charge in [0.2, 0.25) is 0 Å². The molecular formula is C43H66N4. The number of aliphatic imine (C=N–C) groups is 1. The zero-order chi connectivity index (χ0) is 33.6. The third-order valence-corrected chi connectivity index (χ3v) is 14.5. The highest BCUT2D eigenvalue weighted by Crippen LogP contribution is 2.72. The number of pyridine rings is 1. The van der Waals surface area contributed by atoms with E-state index < -0.39 is 0 Å². The molecule has 0 spiro atoms. The molecule has 0 amide bonds. The Labute approximate surface area is 287 Å². The highest BCUT2D eigenvalue weighted by molar-refractivity contribution is 5.91. The third kappa shape index (κ3) is 5.81. The maximum absolute atomic E-state index is 6.29. The third-order valence-electron chi connectivity index (χ3n) is 14.5. The Bertz CT molecular complexity index is 1400. The lowest BCUT2D eigenvalue weighted by molar-refractivity contribution is -0.150. The van der Waals surface area contributed by atoms with Gasteiger partial charge in [0, 0.05) is 38.2 Å². The summed E-state index contributed by atoms with van der Waals surface area (Å²) in [5.74, 6) is 5.02. The van der Waals surface area contributed by atoms with Crippen molar-refractivity contribution >= 4 is 11.5 Å². The molecule has 0 radical (unpaired) electrons. The van der Waals surface area contributed by atoms with Gasteiger partial charge in [0.05, 0.1) is 11.4 Å². The molecule has 4 saturated carbocycles. The number of aromatic nitrogens is 1. The summed E-state index contributed by atoms with van der Waals surface area (Å²) in [5.41, 5.74) is 15.7. The predicted molar refractivity (Wildman–Crippen MR) is 200 cm³/mol. The first-order valence-corrected chi connectivity index (χ1v) is 19.6. The fraction of sp³-hybridized carbons (Fsp3) is 0.721. The van der Waals surface area contributed by atoms with Crippen molar-refractivity contribution in [3.05, 3.63) is 59.0 Å². The van der Waals surface area contributed by atoms with Crippen LogP contribution >= 0.6 is 0 Å². The normalized spacial score (nSPS) is 36.2. The number of nitrogens with zero attached hydrogens (tertiary/aromatic N) is 3. The molecule has 0 aliphatic heterocycles. The van der Waals surface area contributed by atoms with E-state index in [-0.39, 0.29) is 5.41 Å². The first-order chi connectivity index (χ1) is 22.6. The van der Waals surface area contributed by atoms with E-state index in [1.54, 1.807) is 11.1 Å². The van der Waals surface area contributed by atoms with Crippen LogP contribution in [0, 0.1) is 45.8 Å². The molecule has 0 saturated heterocycles. The number of rotatable bonds is 9. The predicted octanol–water partition coefficient (Wildman–Crippen LogP) is 10.4. The van der Waals surface area contributed by atoms with E-state index in [1.165, 1.54) is 69.8 Å². The number of fused-ring (bicyclic) bond motifs is 7. The fourth-order valence-electron chi connectivity index (χ4n) is 12.5. The molecule has 1 aromatic rings. The van der Waals surface area contributed by atoms with Crippen molar-refractivity contribution in [1.29, 1.82) is 0 Å². The summed E-state index contributed by atoms with van der Waals surface area (Å²) in [6, 6.07) is 4.31. The van der Waals surface area contributed by atoms with Gasteiger partial charge in [-0.3, -0.25) is 9.98 Å². The quantitative estimate of drug-likeness (QED) is 0.216. The number of allylic oxidation sites excluding steroid dienone is 4. The number of hydrogen-bond donors (Lipinski definition) is 1. The standard InChI is InChI=1S/C43H66N4/c1-9-13-32-26-43(27-38(45-8)47(25-24-44)30(5)36-17-15-31(10-2)28-46-36)23-20-35-34(40(43)39(32)29(3)4)16-18-37-41(6)21-12-11-14-33(41)19-22-42(35,37)7/h13,15,17,28-29,33-35,37H,5,9-12,14,16,18-27,44H2,1-4,6-8H3/b32-13-,45-38?. The van der Waals surface area contributed by atoms with E-state index in [0.29, 0.717) is 35.8 Å². The highest BCUT2D eigenvalue weighted by atomic mass is 15.2. The monoisotopic (exact) mass is 639 g/mol. The molecule has 47 heavy (non-hydrogen) atoms. The molecule has 7 atom stereocenters. The molecule has 4 nitrogen and oxygen atoms in total. The zero-order valence-electron chi connectivity index (χ0n) is 31.1. The van der Waals surface area contributed by atoms with Crippen molar-refractivity contribution in [3.63, 3.8) is 0 Å². The van der Waals surface area contributed by atoms with Gasteiger partial charge in [-0.25, -0.2) is 0 Å². The summed E-state index contributed by atoms with van der Waals surface area (Å²) in [4.78, 5) is 12.2. The van der Waals surface area contributed by atoms with Crippen LogP contribution in [0.25, 0.3) is 5.70 Å². The van der Waals surface area contributed by atoms with Gasteiger partial charge in [-0.05, 0) is 134 Å². The van der Waals surface area contributed by atoms with Crippen LogP contribution in [0.2, 0.25) is 0 Å². The molecule has 5 aliphatic carbocycles. The van der Waals surface area contributed by atoms with Gasteiger partial charge in [0.25, 0.3) is 0 Å². The van der Waals surface area contributed by atoms with Crippen LogP contribution in [0.5, 0.6) is 0 Å². The molecule has 1 aromatic heterocycles. The molecular weight excluding hydrogens is 573 g/mol. The molecule has 4 fully saturated rings. The number of hydrogen-bond acceptors (Lipinski definition) is 3. The van der Waals surface area contributed by atoms with E-state index in [1.807, 2.05) is 18.8 Å². The van der Waals surface area contributed by atoms with Gasteiger partial charge >= 0.3 is 0 Å². The van der Waals surface area contributed by atoms with Gasteiger partial charge < -0.3 is 10.6 Å². The molecule has 2 N–H and O–H groups in total. The summed E-state index contributed by atoms with van der Waals surface area (Å²) in [6.45, 7) is 20.8. The summed E-state index contributed by atoms with van der Waals surface area (Å²) in [6.07, 6.45) is 23.0. The Morgan fingerprint density at radius 1 is 1.06 bits per heavy atom. The zero-order valence-corrected chi connectivity index (χ0v) is 31.1. The minimum atomic E-state index is 0.123. The summed E-state index contributed by atoms with van der Waals surface area (Å²) in [7, 11) is 1.99. The van der Waals surface area contributed by atoms with Crippen LogP contribution < -0.4 is 5.73 Å². The summed E-state index contributed by atoms with van der Waals surface area (Å²) in [5, 5.41) is 0. The lowest BCUT2D eigenvalue weighted by Crippen LogP contribution is -2.58. The second-order valence-corrected chi connectivity index (χ2v) is 17.1. The Balaban J connectivity index is 1.38. The fourth-order valence-corrected chi connectivity index (χ4v) is 12.5. The lowest BCUT2D eigenvalue weighted by atomic mass is 9.39. The van der Waals surface area contributed by atoms with Crippen LogP contribution in [0.15, 0.2) is 52.7 Å². The van der Waals surface area contributed by atoms with Gasteiger partial charge in [0.15, 0.2) is 0 Å². The minimum Gasteiger partial charge on any atom is -0.329 e. The van der Waals surface area contributed by atoms with E-state index in [2.05, 4.69) is 71.2 Å². The van der Waals surface area contributed by atoms with Gasteiger partial charge in [-0.2, -0.15) is 0 Å². The molecule has 0 bridgehead atoms. The van der Waals surface area contributed by atoms with Crippen LogP contribution in [0.4, 0.5) is 0 Å². The number of nitrogens with two attached hydrogens (primary N) is 1. The Morgan fingerprint density at radius 2 is 1.87 bits per heavy atom. The van der Waals surface area contributed by atoms with E-state index in [4.69, 9.17) is 15.7 Å². The van der Waals surface area contributed by atoms with Gasteiger partial charge in [0.1, 0.15) is 5.84 Å². The second-order valence-electron chi connectivity index (χ2n) is 17.1. The molecule has 0 aromatic carbocycles. The molecule has 7 unspecified atom stereocenters. The van der Waals surface area contributed by atoms with Gasteiger partial charge in [-0.1, -0.05) is 78.7 Å². The highest BCUT2D eigenvalue weighted by Gasteiger charge is 2.63. The average Bonchev–Trinajstić information content (AvgIpc) is 3.40.